The molecule has 2 N–H and O–H groups in total. The molecule has 0 fully saturated rings. The molecular weight excluding hydrogens is 458 g/mol. The third kappa shape index (κ3) is 6.43. The number of esters is 1. The van der Waals surface area contributed by atoms with E-state index in [0.717, 1.165) is 11.1 Å². The molecule has 9 heteroatoms. The third-order valence-electron chi connectivity index (χ3n) is 4.80. The predicted octanol–water partition coefficient (Wildman–Crippen LogP) is 4.27. The van der Waals surface area contributed by atoms with Crippen LogP contribution in [0.2, 0.25) is 5.02 Å². The summed E-state index contributed by atoms with van der Waals surface area (Å²) in [6.07, 6.45) is 1.33. The van der Waals surface area contributed by atoms with E-state index in [4.69, 9.17) is 21.1 Å². The zero-order valence-electron chi connectivity index (χ0n) is 18.7. The average Bonchev–Trinajstić information content (AvgIpc) is 2.82. The summed E-state index contributed by atoms with van der Waals surface area (Å²) in [6, 6.07) is 16.4. The molecular formula is C25H22ClN3O5. The molecule has 0 bridgehead atoms. The minimum absolute atomic E-state index is 0.196. The minimum atomic E-state index is -0.923. The summed E-state index contributed by atoms with van der Waals surface area (Å²) < 4.78 is 10.7. The number of carbonyl (C=O) groups is 3. The molecule has 0 unspecified atom stereocenters. The lowest BCUT2D eigenvalue weighted by Gasteiger charge is -2.10. The Morgan fingerprint density at radius 1 is 0.912 bits per heavy atom. The molecule has 34 heavy (non-hydrogen) atoms. The molecule has 0 saturated heterocycles. The largest absolute Gasteiger partial charge is 0.493 e. The maximum Gasteiger partial charge on any atom is 0.343 e. The fraction of sp³-hybridized carbons (Fsp3) is 0.120. The Balaban J connectivity index is 1.61. The van der Waals surface area contributed by atoms with Crippen molar-refractivity contribution in [2.75, 3.05) is 12.4 Å². The number of ether oxygens (including phenoxy) is 2. The molecule has 0 atom stereocenters. The zero-order chi connectivity index (χ0) is 24.7. The van der Waals surface area contributed by atoms with Gasteiger partial charge in [0.05, 0.1) is 18.9 Å². The highest BCUT2D eigenvalue weighted by Gasteiger charge is 2.14. The van der Waals surface area contributed by atoms with Crippen LogP contribution in [-0.2, 0) is 9.59 Å². The van der Waals surface area contributed by atoms with Crippen molar-refractivity contribution in [2.45, 2.75) is 13.8 Å². The van der Waals surface area contributed by atoms with Crippen LogP contribution in [0.15, 0.2) is 65.8 Å². The Morgan fingerprint density at radius 3 is 2.41 bits per heavy atom. The number of hydrogen-bond acceptors (Lipinski definition) is 6. The van der Waals surface area contributed by atoms with Gasteiger partial charge in [0, 0.05) is 10.7 Å². The van der Waals surface area contributed by atoms with Gasteiger partial charge in [-0.3, -0.25) is 9.59 Å². The van der Waals surface area contributed by atoms with Crippen LogP contribution in [0.5, 0.6) is 11.5 Å². The van der Waals surface area contributed by atoms with E-state index in [-0.39, 0.29) is 11.5 Å². The lowest BCUT2D eigenvalue weighted by molar-refractivity contribution is -0.136. The molecule has 0 radical (unpaired) electrons. The summed E-state index contributed by atoms with van der Waals surface area (Å²) in [6.45, 7) is 3.86. The number of amides is 2. The van der Waals surface area contributed by atoms with Crippen LogP contribution in [-0.4, -0.2) is 31.1 Å². The summed E-state index contributed by atoms with van der Waals surface area (Å²) in [7, 11) is 1.42. The molecule has 3 rings (SSSR count). The highest BCUT2D eigenvalue weighted by Crippen LogP contribution is 2.28. The van der Waals surface area contributed by atoms with Crippen LogP contribution in [0.25, 0.3) is 0 Å². The van der Waals surface area contributed by atoms with Crippen molar-refractivity contribution < 1.29 is 23.9 Å². The number of methoxy groups -OCH3 is 1. The smallest absolute Gasteiger partial charge is 0.343 e. The van der Waals surface area contributed by atoms with E-state index in [1.54, 1.807) is 42.5 Å². The van der Waals surface area contributed by atoms with Crippen LogP contribution in [0.4, 0.5) is 5.69 Å². The Hall–Kier alpha value is -4.17. The van der Waals surface area contributed by atoms with Crippen molar-refractivity contribution in [1.82, 2.24) is 5.43 Å². The maximum atomic E-state index is 12.3. The van der Waals surface area contributed by atoms with Gasteiger partial charge in [-0.1, -0.05) is 23.7 Å². The van der Waals surface area contributed by atoms with Gasteiger partial charge in [-0.05, 0) is 79.1 Å². The summed E-state index contributed by atoms with van der Waals surface area (Å²) in [5.41, 5.74) is 5.58. The van der Waals surface area contributed by atoms with E-state index in [1.165, 1.54) is 25.5 Å². The summed E-state index contributed by atoms with van der Waals surface area (Å²) >= 11 is 5.91. The number of carbonyl (C=O) groups excluding carboxylic acids is 3. The SMILES string of the molecule is COc1cc(/C=N/NC(=O)C(=O)Nc2ccc(C)c(C)c2)ccc1OC(=O)c1cccc(Cl)c1. The Kier molecular flexibility index (Phi) is 8.00. The minimum Gasteiger partial charge on any atom is -0.493 e. The van der Waals surface area contributed by atoms with Gasteiger partial charge in [0.1, 0.15) is 0 Å². The van der Waals surface area contributed by atoms with Crippen LogP contribution in [0, 0.1) is 13.8 Å². The van der Waals surface area contributed by atoms with Gasteiger partial charge in [0.25, 0.3) is 0 Å². The van der Waals surface area contributed by atoms with E-state index >= 15 is 0 Å². The first-order valence-corrected chi connectivity index (χ1v) is 10.5. The van der Waals surface area contributed by atoms with Gasteiger partial charge in [-0.15, -0.1) is 0 Å². The van der Waals surface area contributed by atoms with Gasteiger partial charge in [0.15, 0.2) is 11.5 Å². The molecule has 3 aromatic rings. The van der Waals surface area contributed by atoms with E-state index in [9.17, 15) is 14.4 Å². The predicted molar refractivity (Wildman–Crippen MR) is 130 cm³/mol. The maximum absolute atomic E-state index is 12.3. The first-order valence-electron chi connectivity index (χ1n) is 10.1. The fourth-order valence-corrected chi connectivity index (χ4v) is 3.04. The molecule has 2 amide bonds. The number of aryl methyl sites for hydroxylation is 2. The average molecular weight is 480 g/mol. The van der Waals surface area contributed by atoms with Crippen LogP contribution < -0.4 is 20.2 Å². The lowest BCUT2D eigenvalue weighted by Crippen LogP contribution is -2.32. The van der Waals surface area contributed by atoms with E-state index in [1.807, 2.05) is 19.9 Å². The molecule has 0 aliphatic heterocycles. The standard InChI is InChI=1S/C25H22ClN3O5/c1-15-7-9-20(11-16(15)2)28-23(30)24(31)29-27-14-17-8-10-21(22(12-17)33-3)34-25(32)18-5-4-6-19(26)13-18/h4-14H,1-3H3,(H,28,30)(H,29,31)/b27-14+. The van der Waals surface area contributed by atoms with Crippen molar-refractivity contribution >= 4 is 41.3 Å². The van der Waals surface area contributed by atoms with E-state index in [0.29, 0.717) is 21.8 Å². The Labute approximate surface area is 201 Å². The van der Waals surface area contributed by atoms with Crippen molar-refractivity contribution in [3.63, 3.8) is 0 Å². The highest BCUT2D eigenvalue weighted by atomic mass is 35.5. The Morgan fingerprint density at radius 2 is 1.71 bits per heavy atom. The monoisotopic (exact) mass is 479 g/mol. The normalized spacial score (nSPS) is 10.6. The second kappa shape index (κ2) is 11.1. The molecule has 8 nitrogen and oxygen atoms in total. The summed E-state index contributed by atoms with van der Waals surface area (Å²) in [5, 5.41) is 6.73. The van der Waals surface area contributed by atoms with Gasteiger partial charge >= 0.3 is 17.8 Å². The Bertz CT molecular complexity index is 1270. The summed E-state index contributed by atoms with van der Waals surface area (Å²) in [4.78, 5) is 36.4. The number of halogens is 1. The van der Waals surface area contributed by atoms with Gasteiger partial charge in [-0.25, -0.2) is 10.2 Å². The summed E-state index contributed by atoms with van der Waals surface area (Å²) in [5.74, 6) is -1.89. The van der Waals surface area contributed by atoms with Gasteiger partial charge in [-0.2, -0.15) is 5.10 Å². The zero-order valence-corrected chi connectivity index (χ0v) is 19.5. The quantitative estimate of drug-likeness (QED) is 0.180. The molecule has 0 aromatic heterocycles. The van der Waals surface area contributed by atoms with Gasteiger partial charge < -0.3 is 14.8 Å². The molecule has 0 spiro atoms. The second-order valence-electron chi connectivity index (χ2n) is 7.26. The van der Waals surface area contributed by atoms with Crippen molar-refractivity contribution in [1.29, 1.82) is 0 Å². The first kappa shape index (κ1) is 24.5. The topological polar surface area (TPSA) is 106 Å². The molecule has 0 saturated carbocycles. The van der Waals surface area contributed by atoms with Crippen molar-refractivity contribution in [2.24, 2.45) is 5.10 Å². The number of rotatable bonds is 6. The number of hydrogen-bond donors (Lipinski definition) is 2. The number of nitrogens with one attached hydrogen (secondary N) is 2. The van der Waals surface area contributed by atoms with E-state index in [2.05, 4.69) is 15.8 Å². The molecule has 0 aliphatic rings. The molecule has 3 aromatic carbocycles. The third-order valence-corrected chi connectivity index (χ3v) is 5.04. The number of anilines is 1. The first-order chi connectivity index (χ1) is 16.3. The fourth-order valence-electron chi connectivity index (χ4n) is 2.85. The molecule has 0 aliphatic carbocycles. The highest BCUT2D eigenvalue weighted by molar-refractivity contribution is 6.39. The van der Waals surface area contributed by atoms with Crippen LogP contribution >= 0.6 is 11.6 Å². The second-order valence-corrected chi connectivity index (χ2v) is 7.70. The van der Waals surface area contributed by atoms with Crippen LogP contribution in [0.3, 0.4) is 0 Å². The number of hydrazone groups is 1. The van der Waals surface area contributed by atoms with Crippen molar-refractivity contribution in [3.8, 4) is 11.5 Å². The van der Waals surface area contributed by atoms with Crippen molar-refractivity contribution in [3.05, 3.63) is 87.9 Å². The van der Waals surface area contributed by atoms with Crippen LogP contribution in [0.1, 0.15) is 27.0 Å². The number of nitrogens with zero attached hydrogens (tertiary/aromatic N) is 1. The van der Waals surface area contributed by atoms with Gasteiger partial charge in [0.2, 0.25) is 0 Å². The van der Waals surface area contributed by atoms with E-state index < -0.39 is 17.8 Å². The number of benzene rings is 3. The molecule has 174 valence electrons. The molecule has 0 heterocycles. The lowest BCUT2D eigenvalue weighted by atomic mass is 10.1.